The van der Waals surface area contributed by atoms with Crippen molar-refractivity contribution in [1.29, 1.82) is 0 Å². The molecular weight excluding hydrogens is 291 g/mol. The summed E-state index contributed by atoms with van der Waals surface area (Å²) in [5, 5.41) is 1.23. The number of fused-ring (bicyclic) bond motifs is 1. The van der Waals surface area contributed by atoms with Crippen molar-refractivity contribution < 1.29 is 0 Å². The second kappa shape index (κ2) is 6.08. The zero-order valence-corrected chi connectivity index (χ0v) is 12.7. The average Bonchev–Trinajstić information content (AvgIpc) is 2.16. The molecule has 0 aliphatic heterocycles. The first-order valence-corrected chi connectivity index (χ1v) is 6.46. The van der Waals surface area contributed by atoms with Crippen molar-refractivity contribution >= 4 is 37.1 Å². The molecule has 0 N–H and O–H groups in total. The number of rotatable bonds is 0. The van der Waals surface area contributed by atoms with E-state index in [-0.39, 0.29) is 0 Å². The molecule has 0 aliphatic rings. The molecule has 1 heterocycles. The molecule has 0 amide bonds. The van der Waals surface area contributed by atoms with Gasteiger partial charge in [-0.25, -0.2) is 0 Å². The van der Waals surface area contributed by atoms with Crippen molar-refractivity contribution in [2.45, 2.75) is 0 Å². The number of aromatic nitrogens is 1. The van der Waals surface area contributed by atoms with Crippen molar-refractivity contribution in [3.63, 3.8) is 0 Å². The van der Waals surface area contributed by atoms with E-state index in [1.807, 2.05) is 38.2 Å². The Morgan fingerprint density at radius 2 is 1.60 bits per heavy atom. The Labute approximate surface area is 104 Å². The summed E-state index contributed by atoms with van der Waals surface area (Å²) in [7, 11) is 6.00. The number of hydrogen-bond donors (Lipinski definition) is 0. The van der Waals surface area contributed by atoms with E-state index in [1.54, 1.807) is 0 Å². The Balaban J connectivity index is 0.000000245. The van der Waals surface area contributed by atoms with Gasteiger partial charge in [0.1, 0.15) is 0 Å². The average molecular weight is 307 g/mol. The van der Waals surface area contributed by atoms with Gasteiger partial charge < -0.3 is 4.90 Å². The molecule has 0 atom stereocenters. The van der Waals surface area contributed by atoms with E-state index in [0.717, 1.165) is 28.0 Å². The predicted molar refractivity (Wildman–Crippen MR) is 68.1 cm³/mol. The van der Waals surface area contributed by atoms with Gasteiger partial charge in [0.15, 0.2) is 0 Å². The van der Waals surface area contributed by atoms with E-state index in [4.69, 9.17) is 0 Å². The van der Waals surface area contributed by atoms with Crippen LogP contribution in [0, 0.1) is 0 Å². The molecule has 2 aromatic rings. The van der Waals surface area contributed by atoms with E-state index in [9.17, 15) is 0 Å². The fourth-order valence-electron chi connectivity index (χ4n) is 1.08. The van der Waals surface area contributed by atoms with Gasteiger partial charge in [-0.3, -0.25) is 0 Å². The van der Waals surface area contributed by atoms with Crippen LogP contribution in [0.1, 0.15) is 0 Å². The Bertz CT molecular complexity index is 424. The summed E-state index contributed by atoms with van der Waals surface area (Å²) >= 11 is 1.09. The first-order chi connectivity index (χ1) is 7.09. The number of benzene rings is 1. The summed E-state index contributed by atoms with van der Waals surface area (Å²) in [6.07, 6.45) is 0. The minimum absolute atomic E-state index is 1.09. The number of nitrogens with zero attached hydrogens (tertiary/aromatic N) is 2. The molecule has 0 unspecified atom stereocenters. The summed E-state index contributed by atoms with van der Waals surface area (Å²) < 4.78 is 1.20. The molecular formula is C12H16N2Sn. The molecule has 2 rings (SSSR count). The van der Waals surface area contributed by atoms with Gasteiger partial charge in [-0.1, -0.05) is 0 Å². The van der Waals surface area contributed by atoms with Gasteiger partial charge in [0.05, 0.1) is 0 Å². The monoisotopic (exact) mass is 308 g/mol. The van der Waals surface area contributed by atoms with Gasteiger partial charge in [0.2, 0.25) is 0 Å². The maximum absolute atomic E-state index is 4.43. The van der Waals surface area contributed by atoms with Crippen LogP contribution in [-0.4, -0.2) is 53.6 Å². The maximum atomic E-state index is 4.43. The van der Waals surface area contributed by atoms with E-state index < -0.39 is 0 Å². The van der Waals surface area contributed by atoms with Crippen molar-refractivity contribution in [3.8, 4) is 0 Å². The first kappa shape index (κ1) is 12.5. The van der Waals surface area contributed by atoms with Gasteiger partial charge in [-0.15, -0.1) is 0 Å². The van der Waals surface area contributed by atoms with E-state index in [2.05, 4.69) is 29.2 Å². The molecule has 0 saturated heterocycles. The normalized spacial score (nSPS) is 9.93. The molecule has 0 saturated carbocycles. The Morgan fingerprint density at radius 3 is 2.27 bits per heavy atom. The summed E-state index contributed by atoms with van der Waals surface area (Å²) in [6.45, 7) is 0. The predicted octanol–water partition coefficient (Wildman–Crippen LogP) is 0.939. The molecule has 15 heavy (non-hydrogen) atoms. The van der Waals surface area contributed by atoms with Crippen LogP contribution in [0.15, 0.2) is 36.4 Å². The number of pyridine rings is 1. The Hall–Kier alpha value is -0.611. The van der Waals surface area contributed by atoms with Crippen LogP contribution in [-0.2, 0) is 0 Å². The molecule has 78 valence electrons. The van der Waals surface area contributed by atoms with Crippen LogP contribution in [0.5, 0.6) is 0 Å². The van der Waals surface area contributed by atoms with E-state index in [0.29, 0.717) is 0 Å². The van der Waals surface area contributed by atoms with Crippen molar-refractivity contribution in [2.75, 3.05) is 21.1 Å². The number of hydrogen-bond acceptors (Lipinski definition) is 2. The van der Waals surface area contributed by atoms with Crippen LogP contribution in [0.25, 0.3) is 10.9 Å². The van der Waals surface area contributed by atoms with Gasteiger partial charge in [-0.2, -0.15) is 0 Å². The van der Waals surface area contributed by atoms with Gasteiger partial charge in [-0.05, 0) is 21.1 Å². The third-order valence-electron chi connectivity index (χ3n) is 1.62. The fraction of sp³-hybridized carbons (Fsp3) is 0.250. The van der Waals surface area contributed by atoms with E-state index in [1.165, 1.54) is 9.10 Å². The zero-order valence-electron chi connectivity index (χ0n) is 9.44. The summed E-state index contributed by atoms with van der Waals surface area (Å²) in [4.78, 5) is 6.43. The third-order valence-corrected chi connectivity index (χ3v) is 2.54. The summed E-state index contributed by atoms with van der Waals surface area (Å²) in [6, 6.07) is 12.4. The SMILES string of the molecule is CN(C)C.[SnH][c]1ccc2ccccc2n1. The van der Waals surface area contributed by atoms with Gasteiger partial charge >= 0.3 is 78.5 Å². The fourth-order valence-corrected chi connectivity index (χ4v) is 1.75. The molecule has 0 fully saturated rings. The molecule has 1 aromatic heterocycles. The summed E-state index contributed by atoms with van der Waals surface area (Å²) in [5.41, 5.74) is 1.11. The van der Waals surface area contributed by atoms with Crippen molar-refractivity contribution in [3.05, 3.63) is 36.4 Å². The van der Waals surface area contributed by atoms with Crippen LogP contribution in [0.4, 0.5) is 0 Å². The molecule has 2 nitrogen and oxygen atoms in total. The standard InChI is InChI=1S/C9H6N.C3H9N.Sn.H/c1-2-6-9-8(4-1)5-3-7-10-9;1-4(2)3;;/h1-6H;1-3H3;;. The topological polar surface area (TPSA) is 16.1 Å². The Morgan fingerprint density at radius 1 is 1.00 bits per heavy atom. The first-order valence-electron chi connectivity index (χ1n) is 4.82. The molecule has 2 radical (unpaired) electrons. The molecule has 0 bridgehead atoms. The van der Waals surface area contributed by atoms with Crippen LogP contribution < -0.4 is 3.71 Å². The molecule has 1 aromatic carbocycles. The second-order valence-corrected chi connectivity index (χ2v) is 5.46. The molecule has 0 spiro atoms. The van der Waals surface area contributed by atoms with Crippen LogP contribution in [0.3, 0.4) is 0 Å². The zero-order chi connectivity index (χ0) is 11.3. The molecule has 0 aliphatic carbocycles. The van der Waals surface area contributed by atoms with Crippen molar-refractivity contribution in [2.24, 2.45) is 0 Å². The minimum atomic E-state index is 1.09. The van der Waals surface area contributed by atoms with Crippen LogP contribution >= 0.6 is 0 Å². The van der Waals surface area contributed by atoms with E-state index >= 15 is 0 Å². The van der Waals surface area contributed by atoms with Gasteiger partial charge in [0, 0.05) is 0 Å². The number of para-hydroxylation sites is 1. The summed E-state index contributed by atoms with van der Waals surface area (Å²) in [5.74, 6) is 0. The third kappa shape index (κ3) is 4.62. The van der Waals surface area contributed by atoms with Crippen molar-refractivity contribution in [1.82, 2.24) is 9.88 Å². The molecule has 3 heteroatoms. The second-order valence-electron chi connectivity index (χ2n) is 3.77. The van der Waals surface area contributed by atoms with Crippen LogP contribution in [0.2, 0.25) is 0 Å². The quantitative estimate of drug-likeness (QED) is 0.674. The van der Waals surface area contributed by atoms with Gasteiger partial charge in [0.25, 0.3) is 0 Å². The Kier molecular flexibility index (Phi) is 5.05.